The summed E-state index contributed by atoms with van der Waals surface area (Å²) in [5.74, 6) is 0.326. The van der Waals surface area contributed by atoms with E-state index < -0.39 is 0 Å². The van der Waals surface area contributed by atoms with Gasteiger partial charge in [-0.05, 0) is 43.1 Å². The van der Waals surface area contributed by atoms with Crippen LogP contribution in [0, 0.1) is 10.8 Å². The second kappa shape index (κ2) is 4.84. The van der Waals surface area contributed by atoms with E-state index in [9.17, 15) is 4.79 Å². The van der Waals surface area contributed by atoms with Crippen molar-refractivity contribution in [1.82, 2.24) is 10.2 Å². The molecule has 2 saturated heterocycles. The molecule has 0 radical (unpaired) electrons. The minimum Gasteiger partial charge on any atom is -0.341 e. The van der Waals surface area contributed by atoms with E-state index in [0.29, 0.717) is 5.91 Å². The molecule has 2 aliphatic rings. The van der Waals surface area contributed by atoms with Crippen molar-refractivity contribution in [3.05, 3.63) is 0 Å². The molecular formula is C15H28N2O. The van der Waals surface area contributed by atoms with Crippen molar-refractivity contribution in [3.8, 4) is 0 Å². The molecule has 2 aliphatic heterocycles. The summed E-state index contributed by atoms with van der Waals surface area (Å²) in [6, 6.07) is 0.0140. The molecule has 1 unspecified atom stereocenters. The summed E-state index contributed by atoms with van der Waals surface area (Å²) in [6.45, 7) is 11.8. The first-order chi connectivity index (χ1) is 8.32. The second-order valence-electron chi connectivity index (χ2n) is 7.51. The summed E-state index contributed by atoms with van der Waals surface area (Å²) in [6.07, 6.45) is 4.71. The van der Waals surface area contributed by atoms with Gasteiger partial charge < -0.3 is 10.2 Å². The highest BCUT2D eigenvalue weighted by atomic mass is 16.2. The first-order valence-corrected chi connectivity index (χ1v) is 7.34. The molecule has 0 bridgehead atoms. The third kappa shape index (κ3) is 2.87. The minimum absolute atomic E-state index is 0.0140. The molecule has 1 N–H and O–H groups in total. The summed E-state index contributed by atoms with van der Waals surface area (Å²) < 4.78 is 0. The zero-order chi connectivity index (χ0) is 13.4. The molecule has 0 aromatic rings. The first kappa shape index (κ1) is 13.9. The lowest BCUT2D eigenvalue weighted by atomic mass is 9.76. The number of amides is 1. The lowest BCUT2D eigenvalue weighted by molar-refractivity contribution is -0.140. The fraction of sp³-hybridized carbons (Fsp3) is 0.933. The molecule has 0 aromatic carbocycles. The first-order valence-electron chi connectivity index (χ1n) is 7.34. The van der Waals surface area contributed by atoms with Gasteiger partial charge in [-0.15, -0.1) is 0 Å². The molecule has 104 valence electrons. The molecule has 0 aromatic heterocycles. The van der Waals surface area contributed by atoms with Crippen LogP contribution in [0.5, 0.6) is 0 Å². The van der Waals surface area contributed by atoms with Crippen LogP contribution in [0.25, 0.3) is 0 Å². The Kier molecular flexibility index (Phi) is 3.72. The third-order valence-electron chi connectivity index (χ3n) is 4.59. The molecule has 3 heteroatoms. The number of hydrogen-bond donors (Lipinski definition) is 1. The Labute approximate surface area is 111 Å². The van der Waals surface area contributed by atoms with E-state index in [0.717, 1.165) is 32.5 Å². The number of carbonyl (C=O) groups is 1. The SMILES string of the molecule is CC1(C)CCCN(C(=O)C2NCCCC2(C)C)C1. The largest absolute Gasteiger partial charge is 0.341 e. The topological polar surface area (TPSA) is 32.3 Å². The highest BCUT2D eigenvalue weighted by Crippen LogP contribution is 2.34. The fourth-order valence-electron chi connectivity index (χ4n) is 3.43. The van der Waals surface area contributed by atoms with Gasteiger partial charge in [0.1, 0.15) is 0 Å². The summed E-state index contributed by atoms with van der Waals surface area (Å²) >= 11 is 0. The quantitative estimate of drug-likeness (QED) is 0.777. The summed E-state index contributed by atoms with van der Waals surface area (Å²) in [5.41, 5.74) is 0.379. The van der Waals surface area contributed by atoms with Gasteiger partial charge in [0.25, 0.3) is 0 Å². The molecule has 2 fully saturated rings. The van der Waals surface area contributed by atoms with Crippen LogP contribution in [0.2, 0.25) is 0 Å². The van der Waals surface area contributed by atoms with Gasteiger partial charge in [0.15, 0.2) is 0 Å². The number of likely N-dealkylation sites (tertiary alicyclic amines) is 1. The Balaban J connectivity index is 2.06. The van der Waals surface area contributed by atoms with Crippen molar-refractivity contribution in [2.75, 3.05) is 19.6 Å². The van der Waals surface area contributed by atoms with Crippen LogP contribution in [0.1, 0.15) is 53.4 Å². The van der Waals surface area contributed by atoms with Crippen LogP contribution in [0.4, 0.5) is 0 Å². The Bertz CT molecular complexity index is 322. The maximum absolute atomic E-state index is 12.7. The van der Waals surface area contributed by atoms with E-state index in [1.54, 1.807) is 0 Å². The molecule has 2 rings (SSSR count). The van der Waals surface area contributed by atoms with Crippen molar-refractivity contribution in [2.24, 2.45) is 10.8 Å². The predicted molar refractivity (Wildman–Crippen MR) is 74.4 cm³/mol. The zero-order valence-electron chi connectivity index (χ0n) is 12.4. The second-order valence-corrected chi connectivity index (χ2v) is 7.51. The van der Waals surface area contributed by atoms with Crippen molar-refractivity contribution in [2.45, 2.75) is 59.4 Å². The van der Waals surface area contributed by atoms with Crippen LogP contribution in [0.3, 0.4) is 0 Å². The minimum atomic E-state index is 0.0140. The molecule has 2 heterocycles. The van der Waals surface area contributed by atoms with Crippen LogP contribution >= 0.6 is 0 Å². The van der Waals surface area contributed by atoms with Crippen LogP contribution in [-0.2, 0) is 4.79 Å². The number of nitrogens with one attached hydrogen (secondary N) is 1. The molecule has 18 heavy (non-hydrogen) atoms. The standard InChI is InChI=1S/C15H28N2O/c1-14(2)7-6-10-17(11-14)13(18)12-15(3,4)8-5-9-16-12/h12,16H,5-11H2,1-4H3. The molecule has 3 nitrogen and oxygen atoms in total. The van der Waals surface area contributed by atoms with Gasteiger partial charge in [0, 0.05) is 13.1 Å². The number of piperidine rings is 2. The Morgan fingerprint density at radius 1 is 1.17 bits per heavy atom. The van der Waals surface area contributed by atoms with E-state index in [1.807, 2.05) is 0 Å². The van der Waals surface area contributed by atoms with Crippen molar-refractivity contribution < 1.29 is 4.79 Å². The lowest BCUT2D eigenvalue weighted by Gasteiger charge is -2.44. The van der Waals surface area contributed by atoms with E-state index >= 15 is 0 Å². The summed E-state index contributed by atoms with van der Waals surface area (Å²) in [7, 11) is 0. The van der Waals surface area contributed by atoms with Crippen molar-refractivity contribution >= 4 is 5.91 Å². The number of nitrogens with zero attached hydrogens (tertiary/aromatic N) is 1. The molecule has 0 spiro atoms. The molecular weight excluding hydrogens is 224 g/mol. The van der Waals surface area contributed by atoms with Gasteiger partial charge >= 0.3 is 0 Å². The monoisotopic (exact) mass is 252 g/mol. The Morgan fingerprint density at radius 3 is 2.50 bits per heavy atom. The Hall–Kier alpha value is -0.570. The van der Waals surface area contributed by atoms with E-state index in [-0.39, 0.29) is 16.9 Å². The predicted octanol–water partition coefficient (Wildman–Crippen LogP) is 2.41. The van der Waals surface area contributed by atoms with E-state index in [1.165, 1.54) is 12.8 Å². The maximum Gasteiger partial charge on any atom is 0.240 e. The number of carbonyl (C=O) groups excluding carboxylic acids is 1. The fourth-order valence-corrected chi connectivity index (χ4v) is 3.43. The average molecular weight is 252 g/mol. The molecule has 1 amide bonds. The van der Waals surface area contributed by atoms with Gasteiger partial charge in [-0.25, -0.2) is 0 Å². The molecule has 0 saturated carbocycles. The van der Waals surface area contributed by atoms with Crippen molar-refractivity contribution in [3.63, 3.8) is 0 Å². The average Bonchev–Trinajstić information content (AvgIpc) is 2.26. The zero-order valence-corrected chi connectivity index (χ0v) is 12.4. The third-order valence-corrected chi connectivity index (χ3v) is 4.59. The normalized spacial score (nSPS) is 31.1. The van der Waals surface area contributed by atoms with Gasteiger partial charge in [-0.2, -0.15) is 0 Å². The Morgan fingerprint density at radius 2 is 1.89 bits per heavy atom. The molecule has 1 atom stereocenters. The van der Waals surface area contributed by atoms with E-state index in [4.69, 9.17) is 0 Å². The number of rotatable bonds is 1. The summed E-state index contributed by atoms with van der Waals surface area (Å²) in [5, 5.41) is 3.44. The van der Waals surface area contributed by atoms with Crippen LogP contribution < -0.4 is 5.32 Å². The van der Waals surface area contributed by atoms with Gasteiger partial charge in [-0.3, -0.25) is 4.79 Å². The smallest absolute Gasteiger partial charge is 0.240 e. The molecule has 0 aliphatic carbocycles. The van der Waals surface area contributed by atoms with Crippen LogP contribution in [0.15, 0.2) is 0 Å². The van der Waals surface area contributed by atoms with Crippen LogP contribution in [-0.4, -0.2) is 36.5 Å². The van der Waals surface area contributed by atoms with Gasteiger partial charge in [0.2, 0.25) is 5.91 Å². The van der Waals surface area contributed by atoms with Crippen molar-refractivity contribution in [1.29, 1.82) is 0 Å². The van der Waals surface area contributed by atoms with Gasteiger partial charge in [-0.1, -0.05) is 27.7 Å². The highest BCUT2D eigenvalue weighted by Gasteiger charge is 2.41. The lowest BCUT2D eigenvalue weighted by Crippen LogP contribution is -2.58. The van der Waals surface area contributed by atoms with Gasteiger partial charge in [0.05, 0.1) is 6.04 Å². The summed E-state index contributed by atoms with van der Waals surface area (Å²) in [4.78, 5) is 14.8. The highest BCUT2D eigenvalue weighted by molar-refractivity contribution is 5.83. The number of hydrogen-bond acceptors (Lipinski definition) is 2. The van der Waals surface area contributed by atoms with E-state index in [2.05, 4.69) is 37.9 Å². The maximum atomic E-state index is 12.7.